The Balaban J connectivity index is 2.26. The maximum absolute atomic E-state index is 9.27. The van der Waals surface area contributed by atoms with Crippen LogP contribution in [-0.2, 0) is 17.6 Å². The normalized spacial score (nSPS) is 15.1. The minimum Gasteiger partial charge on any atom is -0.383 e. The van der Waals surface area contributed by atoms with Crippen molar-refractivity contribution in [3.8, 4) is 6.07 Å². The van der Waals surface area contributed by atoms with Crippen molar-refractivity contribution in [3.63, 3.8) is 0 Å². The van der Waals surface area contributed by atoms with Crippen molar-refractivity contribution in [3.05, 3.63) is 22.9 Å². The highest BCUT2D eigenvalue weighted by Crippen LogP contribution is 2.25. The van der Waals surface area contributed by atoms with E-state index in [1.54, 1.807) is 7.11 Å². The molecule has 0 saturated heterocycles. The molecule has 1 aromatic heterocycles. The molecule has 0 saturated carbocycles. The molecule has 19 heavy (non-hydrogen) atoms. The van der Waals surface area contributed by atoms with E-state index in [4.69, 9.17) is 4.74 Å². The van der Waals surface area contributed by atoms with Crippen molar-refractivity contribution >= 4 is 5.82 Å². The number of fused-ring (bicyclic) bond motifs is 1. The first-order valence-electron chi connectivity index (χ1n) is 6.84. The quantitative estimate of drug-likeness (QED) is 0.882. The largest absolute Gasteiger partial charge is 0.383 e. The van der Waals surface area contributed by atoms with Gasteiger partial charge in [-0.3, -0.25) is 0 Å². The summed E-state index contributed by atoms with van der Waals surface area (Å²) in [5, 5.41) is 12.6. The second-order valence-electron chi connectivity index (χ2n) is 5.41. The lowest BCUT2D eigenvalue weighted by Crippen LogP contribution is -2.31. The molecule has 2 rings (SSSR count). The van der Waals surface area contributed by atoms with Crippen LogP contribution in [0, 0.1) is 17.2 Å². The van der Waals surface area contributed by atoms with Crippen LogP contribution in [-0.4, -0.2) is 24.7 Å². The number of anilines is 1. The van der Waals surface area contributed by atoms with E-state index < -0.39 is 0 Å². The Bertz CT molecular complexity index is 491. The van der Waals surface area contributed by atoms with Gasteiger partial charge in [0.05, 0.1) is 18.2 Å². The maximum Gasteiger partial charge on any atom is 0.144 e. The second-order valence-corrected chi connectivity index (χ2v) is 5.41. The summed E-state index contributed by atoms with van der Waals surface area (Å²) in [6.07, 6.45) is 3.21. The van der Waals surface area contributed by atoms with Crippen LogP contribution in [0.15, 0.2) is 6.07 Å². The third-order valence-electron chi connectivity index (χ3n) is 3.64. The van der Waals surface area contributed by atoms with Crippen LogP contribution in [0.1, 0.15) is 37.1 Å². The molecule has 1 atom stereocenters. The van der Waals surface area contributed by atoms with E-state index in [9.17, 15) is 5.26 Å². The Kier molecular flexibility index (Phi) is 4.39. The van der Waals surface area contributed by atoms with Crippen LogP contribution in [0.2, 0.25) is 0 Å². The third kappa shape index (κ3) is 3.05. The highest BCUT2D eigenvalue weighted by Gasteiger charge is 2.19. The van der Waals surface area contributed by atoms with Crippen LogP contribution in [0.5, 0.6) is 0 Å². The van der Waals surface area contributed by atoms with Crippen molar-refractivity contribution in [1.82, 2.24) is 4.98 Å². The molecule has 0 aliphatic heterocycles. The zero-order valence-electron chi connectivity index (χ0n) is 11.9. The number of nitrogens with zero attached hydrogens (tertiary/aromatic N) is 2. The molecule has 1 N–H and O–H groups in total. The molecule has 1 heterocycles. The number of rotatable bonds is 5. The number of hydrogen-bond donors (Lipinski definition) is 1. The van der Waals surface area contributed by atoms with Gasteiger partial charge in [0.25, 0.3) is 0 Å². The Labute approximate surface area is 114 Å². The molecule has 1 aliphatic carbocycles. The van der Waals surface area contributed by atoms with E-state index in [1.165, 1.54) is 5.56 Å². The molecule has 0 spiro atoms. The van der Waals surface area contributed by atoms with E-state index in [1.807, 2.05) is 6.07 Å². The van der Waals surface area contributed by atoms with E-state index in [-0.39, 0.29) is 6.04 Å². The fourth-order valence-electron chi connectivity index (χ4n) is 2.42. The number of aromatic nitrogens is 1. The summed E-state index contributed by atoms with van der Waals surface area (Å²) in [6.45, 7) is 4.88. The molecule has 1 aliphatic rings. The molecule has 102 valence electrons. The monoisotopic (exact) mass is 259 g/mol. The van der Waals surface area contributed by atoms with Gasteiger partial charge in [0, 0.05) is 12.8 Å². The van der Waals surface area contributed by atoms with Crippen molar-refractivity contribution in [2.24, 2.45) is 5.92 Å². The van der Waals surface area contributed by atoms with Crippen molar-refractivity contribution < 1.29 is 4.74 Å². The molecule has 0 radical (unpaired) electrons. The molecule has 4 nitrogen and oxygen atoms in total. The fraction of sp³-hybridized carbons (Fsp3) is 0.600. The third-order valence-corrected chi connectivity index (χ3v) is 3.64. The van der Waals surface area contributed by atoms with Crippen LogP contribution in [0.3, 0.4) is 0 Å². The van der Waals surface area contributed by atoms with E-state index in [0.29, 0.717) is 23.9 Å². The first-order chi connectivity index (χ1) is 9.15. The molecule has 0 bridgehead atoms. The molecule has 1 aromatic rings. The van der Waals surface area contributed by atoms with Crippen LogP contribution < -0.4 is 5.32 Å². The number of hydrogen-bond acceptors (Lipinski definition) is 4. The molecule has 4 heteroatoms. The predicted molar refractivity (Wildman–Crippen MR) is 75.1 cm³/mol. The molecule has 1 unspecified atom stereocenters. The average molecular weight is 259 g/mol. The summed E-state index contributed by atoms with van der Waals surface area (Å²) in [4.78, 5) is 4.64. The van der Waals surface area contributed by atoms with Gasteiger partial charge in [-0.25, -0.2) is 4.98 Å². The van der Waals surface area contributed by atoms with Gasteiger partial charge in [-0.1, -0.05) is 13.8 Å². The summed E-state index contributed by atoms with van der Waals surface area (Å²) >= 11 is 0. The number of pyridine rings is 1. The SMILES string of the molecule is COCC(Nc1nc2c(cc1C#N)CCC2)C(C)C. The predicted octanol–water partition coefficient (Wildman–Crippen LogP) is 2.52. The van der Waals surface area contributed by atoms with Gasteiger partial charge in [0.1, 0.15) is 11.9 Å². The van der Waals surface area contributed by atoms with E-state index >= 15 is 0 Å². The zero-order chi connectivity index (χ0) is 13.8. The molecule has 0 amide bonds. The number of nitriles is 1. The Morgan fingerprint density at radius 2 is 2.26 bits per heavy atom. The number of nitrogens with one attached hydrogen (secondary N) is 1. The van der Waals surface area contributed by atoms with E-state index in [0.717, 1.165) is 25.0 Å². The smallest absolute Gasteiger partial charge is 0.144 e. The van der Waals surface area contributed by atoms with Gasteiger partial charge < -0.3 is 10.1 Å². The Hall–Kier alpha value is -1.60. The van der Waals surface area contributed by atoms with Gasteiger partial charge in [0.2, 0.25) is 0 Å². The van der Waals surface area contributed by atoms with E-state index in [2.05, 4.69) is 30.2 Å². The standard InChI is InChI=1S/C15H21N3O/c1-10(2)14(9-19-3)18-15-12(8-16)7-11-5-4-6-13(11)17-15/h7,10,14H,4-6,9H2,1-3H3,(H,17,18). The van der Waals surface area contributed by atoms with Gasteiger partial charge in [-0.05, 0) is 36.8 Å². The average Bonchev–Trinajstić information content (AvgIpc) is 2.84. The number of ether oxygens (including phenoxy) is 1. The first kappa shape index (κ1) is 13.8. The minimum atomic E-state index is 0.170. The second kappa shape index (κ2) is 6.03. The molecular formula is C15H21N3O. The minimum absolute atomic E-state index is 0.170. The van der Waals surface area contributed by atoms with Crippen LogP contribution >= 0.6 is 0 Å². The summed E-state index contributed by atoms with van der Waals surface area (Å²) in [5.74, 6) is 1.13. The van der Waals surface area contributed by atoms with Gasteiger partial charge >= 0.3 is 0 Å². The van der Waals surface area contributed by atoms with Crippen molar-refractivity contribution in [2.75, 3.05) is 19.0 Å². The van der Waals surface area contributed by atoms with Gasteiger partial charge in [0.15, 0.2) is 0 Å². The highest BCUT2D eigenvalue weighted by molar-refractivity contribution is 5.55. The van der Waals surface area contributed by atoms with Crippen LogP contribution in [0.4, 0.5) is 5.82 Å². The lowest BCUT2D eigenvalue weighted by molar-refractivity contribution is 0.171. The van der Waals surface area contributed by atoms with Crippen LogP contribution in [0.25, 0.3) is 0 Å². The summed E-state index contributed by atoms with van der Waals surface area (Å²) in [6, 6.07) is 4.40. The fourth-order valence-corrected chi connectivity index (χ4v) is 2.42. The van der Waals surface area contributed by atoms with Crippen molar-refractivity contribution in [1.29, 1.82) is 5.26 Å². The van der Waals surface area contributed by atoms with Crippen molar-refractivity contribution in [2.45, 2.75) is 39.2 Å². The number of methoxy groups -OCH3 is 1. The number of aryl methyl sites for hydroxylation is 2. The maximum atomic E-state index is 9.27. The lowest BCUT2D eigenvalue weighted by atomic mass is 10.0. The molecule has 0 aromatic carbocycles. The highest BCUT2D eigenvalue weighted by atomic mass is 16.5. The summed E-state index contributed by atoms with van der Waals surface area (Å²) < 4.78 is 5.23. The Morgan fingerprint density at radius 3 is 2.89 bits per heavy atom. The van der Waals surface area contributed by atoms with Gasteiger partial charge in [-0.2, -0.15) is 5.26 Å². The zero-order valence-corrected chi connectivity index (χ0v) is 11.9. The lowest BCUT2D eigenvalue weighted by Gasteiger charge is -2.23. The first-order valence-corrected chi connectivity index (χ1v) is 6.84. The topological polar surface area (TPSA) is 57.9 Å². The molecule has 0 fully saturated rings. The molecular weight excluding hydrogens is 238 g/mol. The Morgan fingerprint density at radius 1 is 1.47 bits per heavy atom. The summed E-state index contributed by atoms with van der Waals surface area (Å²) in [7, 11) is 1.69. The van der Waals surface area contributed by atoms with Gasteiger partial charge in [-0.15, -0.1) is 0 Å². The summed E-state index contributed by atoms with van der Waals surface area (Å²) in [5.41, 5.74) is 3.01.